The van der Waals surface area contributed by atoms with Gasteiger partial charge in [0.15, 0.2) is 0 Å². The van der Waals surface area contributed by atoms with Gasteiger partial charge in [0.25, 0.3) is 0 Å². The maximum absolute atomic E-state index is 13.9. The van der Waals surface area contributed by atoms with E-state index in [1.54, 1.807) is 12.1 Å². The van der Waals surface area contributed by atoms with Gasteiger partial charge in [-0.05, 0) is 38.0 Å². The first-order valence-electron chi connectivity index (χ1n) is 7.02. The number of nitrogens with two attached hydrogens (primary N) is 1. The van der Waals surface area contributed by atoms with Crippen molar-refractivity contribution >= 4 is 17.2 Å². The predicted octanol–water partition coefficient (Wildman–Crippen LogP) is 2.46. The number of piperidine rings is 1. The van der Waals surface area contributed by atoms with E-state index in [9.17, 15) is 4.39 Å². The van der Waals surface area contributed by atoms with Crippen molar-refractivity contribution in [3.05, 3.63) is 35.1 Å². The molecule has 0 saturated carbocycles. The Kier molecular flexibility index (Phi) is 5.46. The third kappa shape index (κ3) is 3.98. The Morgan fingerprint density at radius 1 is 1.45 bits per heavy atom. The average molecular weight is 296 g/mol. The van der Waals surface area contributed by atoms with Crippen molar-refractivity contribution < 1.29 is 9.13 Å². The molecule has 2 rings (SSSR count). The molecule has 1 fully saturated rings. The minimum absolute atomic E-state index is 0.197. The van der Waals surface area contributed by atoms with Gasteiger partial charge in [-0.3, -0.25) is 4.90 Å². The van der Waals surface area contributed by atoms with E-state index in [1.807, 2.05) is 6.92 Å². The second kappa shape index (κ2) is 7.11. The fourth-order valence-electron chi connectivity index (χ4n) is 2.56. The molecule has 1 aliphatic heterocycles. The molecule has 0 atom stereocenters. The van der Waals surface area contributed by atoms with Gasteiger partial charge in [0, 0.05) is 37.4 Å². The van der Waals surface area contributed by atoms with E-state index in [2.05, 4.69) is 4.90 Å². The molecule has 0 aliphatic carbocycles. The number of hydrogen-bond acceptors (Lipinski definition) is 3. The van der Waals surface area contributed by atoms with Crippen molar-refractivity contribution in [2.45, 2.75) is 32.4 Å². The van der Waals surface area contributed by atoms with Crippen molar-refractivity contribution in [1.29, 1.82) is 0 Å². The molecule has 0 aromatic heterocycles. The second-order valence-electron chi connectivity index (χ2n) is 5.10. The Morgan fingerprint density at radius 2 is 2.15 bits per heavy atom. The molecule has 0 spiro atoms. The summed E-state index contributed by atoms with van der Waals surface area (Å²) in [4.78, 5) is 2.55. The molecule has 1 aliphatic rings. The van der Waals surface area contributed by atoms with Crippen LogP contribution in [0.1, 0.15) is 30.9 Å². The van der Waals surface area contributed by atoms with Crippen LogP contribution >= 0.6 is 12.2 Å². The zero-order valence-electron chi connectivity index (χ0n) is 11.8. The highest BCUT2D eigenvalue weighted by molar-refractivity contribution is 7.80. The SMILES string of the molecule is CCOC1CCN(Cc2cc(C(N)=S)ccc2F)CC1. The van der Waals surface area contributed by atoms with E-state index in [0.717, 1.165) is 38.1 Å². The molecular weight excluding hydrogens is 275 g/mol. The standard InChI is InChI=1S/C15H21FN2OS/c1-2-19-13-5-7-18(8-6-13)10-12-9-11(15(17)20)3-4-14(12)16/h3-4,9,13H,2,5-8,10H2,1H3,(H2,17,20). The summed E-state index contributed by atoms with van der Waals surface area (Å²) in [5, 5.41) is 0. The molecule has 1 aromatic rings. The molecule has 1 aromatic carbocycles. The predicted molar refractivity (Wildman–Crippen MR) is 82.2 cm³/mol. The van der Waals surface area contributed by atoms with Crippen molar-refractivity contribution in [2.24, 2.45) is 5.73 Å². The number of nitrogens with zero attached hydrogens (tertiary/aromatic N) is 1. The summed E-state index contributed by atoms with van der Waals surface area (Å²) in [6, 6.07) is 4.82. The van der Waals surface area contributed by atoms with Crippen LogP contribution in [-0.2, 0) is 11.3 Å². The molecule has 5 heteroatoms. The molecule has 110 valence electrons. The Bertz CT molecular complexity index is 473. The van der Waals surface area contributed by atoms with Crippen molar-refractivity contribution in [1.82, 2.24) is 4.90 Å². The number of rotatable bonds is 5. The number of likely N-dealkylation sites (tertiary alicyclic amines) is 1. The first-order chi connectivity index (χ1) is 9.60. The van der Waals surface area contributed by atoms with Gasteiger partial charge < -0.3 is 10.5 Å². The second-order valence-corrected chi connectivity index (χ2v) is 5.54. The molecule has 0 radical (unpaired) electrons. The summed E-state index contributed by atoms with van der Waals surface area (Å²) in [5.41, 5.74) is 6.98. The quantitative estimate of drug-likeness (QED) is 0.847. The van der Waals surface area contributed by atoms with Crippen LogP contribution in [0.15, 0.2) is 18.2 Å². The zero-order chi connectivity index (χ0) is 14.5. The van der Waals surface area contributed by atoms with Crippen molar-refractivity contribution in [3.8, 4) is 0 Å². The normalized spacial score (nSPS) is 17.3. The van der Waals surface area contributed by atoms with Crippen molar-refractivity contribution in [2.75, 3.05) is 19.7 Å². The van der Waals surface area contributed by atoms with Gasteiger partial charge >= 0.3 is 0 Å². The number of benzene rings is 1. The minimum Gasteiger partial charge on any atom is -0.389 e. The fourth-order valence-corrected chi connectivity index (χ4v) is 2.69. The number of thiocarbonyl (C=S) groups is 1. The summed E-state index contributed by atoms with van der Waals surface area (Å²) in [6.07, 6.45) is 2.36. The van der Waals surface area contributed by atoms with Crippen LogP contribution in [0.5, 0.6) is 0 Å². The molecule has 1 saturated heterocycles. The summed E-state index contributed by atoms with van der Waals surface area (Å²) in [7, 11) is 0. The van der Waals surface area contributed by atoms with E-state index in [4.69, 9.17) is 22.7 Å². The Hall–Kier alpha value is -1.04. The maximum Gasteiger partial charge on any atom is 0.127 e. The van der Waals surface area contributed by atoms with Crippen LogP contribution in [0.2, 0.25) is 0 Å². The van der Waals surface area contributed by atoms with E-state index >= 15 is 0 Å². The Labute approximate surface area is 124 Å². The van der Waals surface area contributed by atoms with Crippen LogP contribution in [0, 0.1) is 5.82 Å². The average Bonchev–Trinajstić information content (AvgIpc) is 2.43. The van der Waals surface area contributed by atoms with E-state index < -0.39 is 0 Å². The highest BCUT2D eigenvalue weighted by Crippen LogP contribution is 2.18. The van der Waals surface area contributed by atoms with Crippen LogP contribution in [0.4, 0.5) is 4.39 Å². The van der Waals surface area contributed by atoms with Gasteiger partial charge in [0.1, 0.15) is 10.8 Å². The Morgan fingerprint density at radius 3 is 2.75 bits per heavy atom. The van der Waals surface area contributed by atoms with Gasteiger partial charge in [-0.2, -0.15) is 0 Å². The maximum atomic E-state index is 13.9. The van der Waals surface area contributed by atoms with Gasteiger partial charge in [-0.25, -0.2) is 4.39 Å². The highest BCUT2D eigenvalue weighted by atomic mass is 32.1. The topological polar surface area (TPSA) is 38.5 Å². The highest BCUT2D eigenvalue weighted by Gasteiger charge is 2.20. The van der Waals surface area contributed by atoms with Gasteiger partial charge in [-0.15, -0.1) is 0 Å². The fraction of sp³-hybridized carbons (Fsp3) is 0.533. The van der Waals surface area contributed by atoms with Gasteiger partial charge in [-0.1, -0.05) is 12.2 Å². The summed E-state index contributed by atoms with van der Waals surface area (Å²) >= 11 is 4.94. The van der Waals surface area contributed by atoms with Crippen molar-refractivity contribution in [3.63, 3.8) is 0 Å². The first kappa shape index (κ1) is 15.4. The molecule has 2 N–H and O–H groups in total. The minimum atomic E-state index is -0.197. The first-order valence-corrected chi connectivity index (χ1v) is 7.43. The smallest absolute Gasteiger partial charge is 0.127 e. The van der Waals surface area contributed by atoms with E-state index in [0.29, 0.717) is 23.2 Å². The summed E-state index contributed by atoms with van der Waals surface area (Å²) < 4.78 is 19.5. The molecule has 20 heavy (non-hydrogen) atoms. The van der Waals surface area contributed by atoms with E-state index in [1.165, 1.54) is 6.07 Å². The van der Waals surface area contributed by atoms with E-state index in [-0.39, 0.29) is 5.82 Å². The molecule has 0 unspecified atom stereocenters. The lowest BCUT2D eigenvalue weighted by atomic mass is 10.1. The lowest BCUT2D eigenvalue weighted by molar-refractivity contribution is 0.0123. The molecule has 0 bridgehead atoms. The lowest BCUT2D eigenvalue weighted by Gasteiger charge is -2.31. The summed E-state index contributed by atoms with van der Waals surface area (Å²) in [5.74, 6) is -0.197. The molecule has 1 heterocycles. The van der Waals surface area contributed by atoms with Crippen LogP contribution in [0.3, 0.4) is 0 Å². The van der Waals surface area contributed by atoms with Crippen LogP contribution < -0.4 is 5.73 Å². The number of ether oxygens (including phenoxy) is 1. The van der Waals surface area contributed by atoms with Crippen LogP contribution in [-0.4, -0.2) is 35.7 Å². The monoisotopic (exact) mass is 296 g/mol. The van der Waals surface area contributed by atoms with Crippen LogP contribution in [0.25, 0.3) is 0 Å². The lowest BCUT2D eigenvalue weighted by Crippen LogP contribution is -2.36. The van der Waals surface area contributed by atoms with Gasteiger partial charge in [0.05, 0.1) is 6.10 Å². The Balaban J connectivity index is 1.97. The zero-order valence-corrected chi connectivity index (χ0v) is 12.6. The third-order valence-corrected chi connectivity index (χ3v) is 3.90. The number of halogens is 1. The molecule has 3 nitrogen and oxygen atoms in total. The molecular formula is C15H21FN2OS. The molecule has 0 amide bonds. The number of hydrogen-bond donors (Lipinski definition) is 1. The largest absolute Gasteiger partial charge is 0.389 e. The summed E-state index contributed by atoms with van der Waals surface area (Å²) in [6.45, 7) is 5.24. The van der Waals surface area contributed by atoms with Gasteiger partial charge in [0.2, 0.25) is 0 Å². The third-order valence-electron chi connectivity index (χ3n) is 3.66.